The molecule has 2 aromatic carbocycles. The minimum atomic E-state index is -1.51. The van der Waals surface area contributed by atoms with Gasteiger partial charge in [0.15, 0.2) is 0 Å². The van der Waals surface area contributed by atoms with Crippen LogP contribution in [0.1, 0.15) is 0 Å². The molecule has 2 rings (SSSR count). The number of fused-ring (bicyclic) bond motifs is 1. The Labute approximate surface area is 81.4 Å². The van der Waals surface area contributed by atoms with Crippen molar-refractivity contribution in [1.29, 1.82) is 0 Å². The van der Waals surface area contributed by atoms with Crippen LogP contribution >= 0.6 is 0 Å². The quantitative estimate of drug-likeness (QED) is 0.561. The van der Waals surface area contributed by atoms with Crippen molar-refractivity contribution in [3.05, 3.63) is 36.4 Å². The van der Waals surface area contributed by atoms with E-state index in [0.29, 0.717) is 16.2 Å². The maximum atomic E-state index is 9.51. The van der Waals surface area contributed by atoms with Crippen LogP contribution in [0.3, 0.4) is 0 Å². The van der Waals surface area contributed by atoms with E-state index < -0.39 is 7.12 Å². The van der Waals surface area contributed by atoms with Crippen molar-refractivity contribution in [3.8, 4) is 5.75 Å². The van der Waals surface area contributed by atoms with E-state index in [9.17, 15) is 5.11 Å². The Morgan fingerprint density at radius 3 is 2.21 bits per heavy atom. The molecule has 0 spiro atoms. The van der Waals surface area contributed by atoms with E-state index >= 15 is 0 Å². The Bertz CT molecular complexity index is 468. The molecule has 0 saturated heterocycles. The molecular formula is C10H9BO3. The van der Waals surface area contributed by atoms with Gasteiger partial charge in [0.05, 0.1) is 0 Å². The highest BCUT2D eigenvalue weighted by atomic mass is 16.4. The average Bonchev–Trinajstić information content (AvgIpc) is 2.17. The summed E-state index contributed by atoms with van der Waals surface area (Å²) in [7, 11) is -1.51. The van der Waals surface area contributed by atoms with E-state index in [1.165, 1.54) is 0 Å². The van der Waals surface area contributed by atoms with Gasteiger partial charge in [-0.25, -0.2) is 0 Å². The monoisotopic (exact) mass is 188 g/mol. The van der Waals surface area contributed by atoms with E-state index in [-0.39, 0.29) is 5.75 Å². The maximum absolute atomic E-state index is 9.51. The molecule has 3 N–H and O–H groups in total. The molecule has 2 aromatic rings. The highest BCUT2D eigenvalue weighted by Crippen LogP contribution is 2.22. The summed E-state index contributed by atoms with van der Waals surface area (Å²) in [5.41, 5.74) is 0.401. The summed E-state index contributed by atoms with van der Waals surface area (Å²) < 4.78 is 0. The van der Waals surface area contributed by atoms with Crippen LogP contribution in [-0.2, 0) is 0 Å². The summed E-state index contributed by atoms with van der Waals surface area (Å²) >= 11 is 0. The molecule has 0 saturated carbocycles. The molecule has 3 nitrogen and oxygen atoms in total. The number of hydrogen-bond donors (Lipinski definition) is 3. The first kappa shape index (κ1) is 9.06. The zero-order chi connectivity index (χ0) is 10.1. The molecule has 0 aromatic heterocycles. The van der Waals surface area contributed by atoms with Crippen LogP contribution in [0.5, 0.6) is 5.75 Å². The van der Waals surface area contributed by atoms with Gasteiger partial charge in [0.1, 0.15) is 5.75 Å². The molecular weight excluding hydrogens is 179 g/mol. The fraction of sp³-hybridized carbons (Fsp3) is 0. The second-order valence-corrected chi connectivity index (χ2v) is 3.09. The predicted octanol–water partition coefficient (Wildman–Crippen LogP) is 0.225. The Kier molecular flexibility index (Phi) is 2.15. The van der Waals surface area contributed by atoms with Crippen LogP contribution in [0.2, 0.25) is 0 Å². The van der Waals surface area contributed by atoms with Gasteiger partial charge in [0, 0.05) is 5.39 Å². The fourth-order valence-electron chi connectivity index (χ4n) is 1.54. The first-order chi connectivity index (χ1) is 6.70. The van der Waals surface area contributed by atoms with Crippen molar-refractivity contribution >= 4 is 23.4 Å². The van der Waals surface area contributed by atoms with Crippen LogP contribution < -0.4 is 5.46 Å². The number of rotatable bonds is 1. The molecule has 0 unspecified atom stereocenters. The zero-order valence-electron chi connectivity index (χ0n) is 7.38. The lowest BCUT2D eigenvalue weighted by Gasteiger charge is -2.06. The Morgan fingerprint density at radius 1 is 0.857 bits per heavy atom. The second kappa shape index (κ2) is 3.33. The van der Waals surface area contributed by atoms with Gasteiger partial charge in [-0.15, -0.1) is 0 Å². The molecule has 0 amide bonds. The van der Waals surface area contributed by atoms with E-state index in [0.717, 1.165) is 0 Å². The van der Waals surface area contributed by atoms with Gasteiger partial charge in [0.2, 0.25) is 0 Å². The van der Waals surface area contributed by atoms with E-state index in [4.69, 9.17) is 10.0 Å². The molecule has 0 bridgehead atoms. The summed E-state index contributed by atoms with van der Waals surface area (Å²) in [6.07, 6.45) is 0. The van der Waals surface area contributed by atoms with Gasteiger partial charge in [-0.2, -0.15) is 0 Å². The van der Waals surface area contributed by atoms with Crippen molar-refractivity contribution in [2.45, 2.75) is 0 Å². The molecule has 70 valence electrons. The molecule has 0 heterocycles. The summed E-state index contributed by atoms with van der Waals surface area (Å²) in [6.45, 7) is 0. The van der Waals surface area contributed by atoms with Gasteiger partial charge in [0.25, 0.3) is 0 Å². The van der Waals surface area contributed by atoms with Gasteiger partial charge in [-0.3, -0.25) is 0 Å². The number of benzene rings is 2. The van der Waals surface area contributed by atoms with E-state index in [2.05, 4.69) is 0 Å². The molecule has 14 heavy (non-hydrogen) atoms. The molecule has 0 fully saturated rings. The van der Waals surface area contributed by atoms with Crippen LogP contribution in [0.4, 0.5) is 0 Å². The Hall–Kier alpha value is -1.52. The van der Waals surface area contributed by atoms with E-state index in [1.54, 1.807) is 36.4 Å². The molecule has 0 radical (unpaired) electrons. The van der Waals surface area contributed by atoms with Gasteiger partial charge in [-0.05, 0) is 16.9 Å². The summed E-state index contributed by atoms with van der Waals surface area (Å²) in [5.74, 6) is 0.144. The standard InChI is InChI=1S/C10H9BO3/c12-10-6-2-3-7-8(10)4-1-5-9(7)11(13)14/h1-6,12-14H. The molecule has 0 aliphatic rings. The molecule has 0 atom stereocenters. The first-order valence-corrected chi connectivity index (χ1v) is 4.27. The highest BCUT2D eigenvalue weighted by Gasteiger charge is 2.14. The van der Waals surface area contributed by atoms with Gasteiger partial charge in [-0.1, -0.05) is 30.3 Å². The van der Waals surface area contributed by atoms with E-state index in [1.807, 2.05) is 0 Å². The molecule has 0 aliphatic carbocycles. The third kappa shape index (κ3) is 1.34. The Balaban J connectivity index is 2.81. The normalized spacial score (nSPS) is 10.4. The number of phenolic OH excluding ortho intramolecular Hbond substituents is 1. The summed E-state index contributed by atoms with van der Waals surface area (Å²) in [4.78, 5) is 0. The minimum absolute atomic E-state index is 0.144. The lowest BCUT2D eigenvalue weighted by Crippen LogP contribution is -2.30. The predicted molar refractivity (Wildman–Crippen MR) is 55.4 cm³/mol. The number of phenols is 1. The SMILES string of the molecule is OB(O)c1cccc2c(O)cccc12. The average molecular weight is 188 g/mol. The van der Waals surface area contributed by atoms with Crippen molar-refractivity contribution in [3.63, 3.8) is 0 Å². The van der Waals surface area contributed by atoms with Crippen molar-refractivity contribution < 1.29 is 15.2 Å². The molecule has 0 aliphatic heterocycles. The van der Waals surface area contributed by atoms with Crippen LogP contribution in [0, 0.1) is 0 Å². The van der Waals surface area contributed by atoms with Crippen molar-refractivity contribution in [1.82, 2.24) is 0 Å². The minimum Gasteiger partial charge on any atom is -0.507 e. The van der Waals surface area contributed by atoms with Gasteiger partial charge < -0.3 is 15.2 Å². The first-order valence-electron chi connectivity index (χ1n) is 4.27. The Morgan fingerprint density at radius 2 is 1.50 bits per heavy atom. The summed E-state index contributed by atoms with van der Waals surface area (Å²) in [6, 6.07) is 10.0. The van der Waals surface area contributed by atoms with Crippen molar-refractivity contribution in [2.24, 2.45) is 0 Å². The maximum Gasteiger partial charge on any atom is 0.489 e. The third-order valence-corrected chi connectivity index (χ3v) is 2.21. The van der Waals surface area contributed by atoms with Crippen LogP contribution in [-0.4, -0.2) is 22.3 Å². The van der Waals surface area contributed by atoms with Crippen LogP contribution in [0.15, 0.2) is 36.4 Å². The lowest BCUT2D eigenvalue weighted by atomic mass is 9.77. The lowest BCUT2D eigenvalue weighted by molar-refractivity contribution is 0.426. The highest BCUT2D eigenvalue weighted by molar-refractivity contribution is 6.62. The molecule has 4 heteroatoms. The third-order valence-electron chi connectivity index (χ3n) is 2.21. The second-order valence-electron chi connectivity index (χ2n) is 3.09. The number of aromatic hydroxyl groups is 1. The number of hydrogen-bond acceptors (Lipinski definition) is 3. The largest absolute Gasteiger partial charge is 0.507 e. The topological polar surface area (TPSA) is 60.7 Å². The zero-order valence-corrected chi connectivity index (χ0v) is 7.38. The summed E-state index contributed by atoms with van der Waals surface area (Å²) in [5, 5.41) is 29.0. The van der Waals surface area contributed by atoms with Gasteiger partial charge >= 0.3 is 7.12 Å². The smallest absolute Gasteiger partial charge is 0.489 e. The van der Waals surface area contributed by atoms with Crippen molar-refractivity contribution in [2.75, 3.05) is 0 Å². The van der Waals surface area contributed by atoms with Crippen LogP contribution in [0.25, 0.3) is 10.8 Å². The fourth-order valence-corrected chi connectivity index (χ4v) is 1.54.